The van der Waals surface area contributed by atoms with Crippen LogP contribution in [0, 0.1) is 0 Å². The number of H-pyrrole nitrogens is 1. The highest BCUT2D eigenvalue weighted by Gasteiger charge is 2.18. The standard InChI is InChI=1S/C25H19N7OS/c33-25(15-6-9-26-10-7-15)29-18-3-1-2-16(12-18)23-30-21-8-11-34-22(21)24(31-23)28-19-4-5-20-17(13-19)14-27-32-20/h1-12,14,19H,13H2,(H,27,32)(H,29,33)(H,28,30,31). The Kier molecular flexibility index (Phi) is 5.08. The van der Waals surface area contributed by atoms with E-state index in [1.54, 1.807) is 35.9 Å². The van der Waals surface area contributed by atoms with Crippen molar-refractivity contribution in [3.05, 3.63) is 89.3 Å². The molecule has 6 rings (SSSR count). The Labute approximate surface area is 198 Å². The molecule has 166 valence electrons. The summed E-state index contributed by atoms with van der Waals surface area (Å²) in [5.41, 5.74) is 5.14. The molecule has 9 heteroatoms. The maximum atomic E-state index is 12.6. The van der Waals surface area contributed by atoms with Crippen molar-refractivity contribution in [2.45, 2.75) is 12.5 Å². The highest BCUT2D eigenvalue weighted by molar-refractivity contribution is 7.17. The highest BCUT2D eigenvalue weighted by atomic mass is 32.1. The van der Waals surface area contributed by atoms with Crippen LogP contribution in [-0.4, -0.2) is 37.1 Å². The molecule has 3 N–H and O–H groups in total. The fourth-order valence-electron chi connectivity index (χ4n) is 3.95. The zero-order valence-electron chi connectivity index (χ0n) is 17.9. The Balaban J connectivity index is 1.29. The van der Waals surface area contributed by atoms with E-state index < -0.39 is 0 Å². The number of carbonyl (C=O) groups is 1. The molecule has 0 fully saturated rings. The van der Waals surface area contributed by atoms with E-state index >= 15 is 0 Å². The van der Waals surface area contributed by atoms with Gasteiger partial charge in [-0.05, 0) is 53.8 Å². The number of pyridine rings is 1. The summed E-state index contributed by atoms with van der Waals surface area (Å²) in [5.74, 6) is 1.19. The quantitative estimate of drug-likeness (QED) is 0.345. The molecular formula is C25H19N7OS. The number of amides is 1. The van der Waals surface area contributed by atoms with E-state index in [0.29, 0.717) is 17.1 Å². The van der Waals surface area contributed by atoms with Crippen LogP contribution in [0.2, 0.25) is 0 Å². The normalized spacial score (nSPS) is 14.6. The van der Waals surface area contributed by atoms with Gasteiger partial charge in [0, 0.05) is 29.2 Å². The third kappa shape index (κ3) is 3.93. The number of aromatic nitrogens is 5. The number of nitrogens with zero attached hydrogens (tertiary/aromatic N) is 4. The summed E-state index contributed by atoms with van der Waals surface area (Å²) >= 11 is 1.61. The first-order chi connectivity index (χ1) is 16.7. The van der Waals surface area contributed by atoms with E-state index in [0.717, 1.165) is 33.7 Å². The summed E-state index contributed by atoms with van der Waals surface area (Å²) in [6.45, 7) is 0. The summed E-state index contributed by atoms with van der Waals surface area (Å²) in [6.07, 6.45) is 10.1. The lowest BCUT2D eigenvalue weighted by Gasteiger charge is -2.19. The molecule has 0 radical (unpaired) electrons. The third-order valence-electron chi connectivity index (χ3n) is 5.63. The molecule has 0 aliphatic heterocycles. The minimum Gasteiger partial charge on any atom is -0.362 e. The van der Waals surface area contributed by atoms with Gasteiger partial charge in [0.25, 0.3) is 5.91 Å². The number of hydrogen-bond donors (Lipinski definition) is 3. The Bertz CT molecular complexity index is 1520. The smallest absolute Gasteiger partial charge is 0.255 e. The van der Waals surface area contributed by atoms with Crippen LogP contribution in [0.1, 0.15) is 21.6 Å². The van der Waals surface area contributed by atoms with Gasteiger partial charge >= 0.3 is 0 Å². The number of anilines is 2. The molecule has 4 aromatic heterocycles. The molecule has 34 heavy (non-hydrogen) atoms. The molecule has 0 bridgehead atoms. The van der Waals surface area contributed by atoms with Gasteiger partial charge in [-0.15, -0.1) is 11.3 Å². The van der Waals surface area contributed by atoms with Crippen LogP contribution >= 0.6 is 11.3 Å². The highest BCUT2D eigenvalue weighted by Crippen LogP contribution is 2.31. The minimum atomic E-state index is -0.196. The van der Waals surface area contributed by atoms with Gasteiger partial charge in [-0.25, -0.2) is 9.97 Å². The van der Waals surface area contributed by atoms with Gasteiger partial charge in [0.1, 0.15) is 5.82 Å². The van der Waals surface area contributed by atoms with Gasteiger partial charge in [0.15, 0.2) is 5.82 Å². The molecule has 4 heterocycles. The van der Waals surface area contributed by atoms with Gasteiger partial charge in [0.2, 0.25) is 0 Å². The van der Waals surface area contributed by atoms with Crippen LogP contribution in [0.4, 0.5) is 11.5 Å². The first-order valence-corrected chi connectivity index (χ1v) is 11.6. The molecule has 0 spiro atoms. The second-order valence-corrected chi connectivity index (χ2v) is 8.84. The Morgan fingerprint density at radius 2 is 2.03 bits per heavy atom. The lowest BCUT2D eigenvalue weighted by atomic mass is 10.0. The molecule has 1 aliphatic carbocycles. The van der Waals surface area contributed by atoms with Crippen LogP contribution in [0.3, 0.4) is 0 Å². The number of fused-ring (bicyclic) bond motifs is 2. The zero-order chi connectivity index (χ0) is 22.9. The lowest BCUT2D eigenvalue weighted by molar-refractivity contribution is 0.102. The summed E-state index contributed by atoms with van der Waals surface area (Å²) in [4.78, 5) is 26.2. The van der Waals surface area contributed by atoms with Gasteiger partial charge in [-0.1, -0.05) is 18.2 Å². The monoisotopic (exact) mass is 465 g/mol. The fraction of sp³-hybridized carbons (Fsp3) is 0.0800. The predicted octanol–water partition coefficient (Wildman–Crippen LogP) is 4.78. The van der Waals surface area contributed by atoms with Crippen LogP contribution in [-0.2, 0) is 6.42 Å². The zero-order valence-corrected chi connectivity index (χ0v) is 18.7. The second-order valence-electron chi connectivity index (χ2n) is 7.92. The number of benzene rings is 1. The lowest BCUT2D eigenvalue weighted by Crippen LogP contribution is -2.22. The van der Waals surface area contributed by atoms with Crippen LogP contribution < -0.4 is 10.6 Å². The molecule has 0 saturated carbocycles. The number of aromatic amines is 1. The van der Waals surface area contributed by atoms with Crippen molar-refractivity contribution in [3.63, 3.8) is 0 Å². The maximum Gasteiger partial charge on any atom is 0.255 e. The summed E-state index contributed by atoms with van der Waals surface area (Å²) in [7, 11) is 0. The predicted molar refractivity (Wildman–Crippen MR) is 134 cm³/mol. The largest absolute Gasteiger partial charge is 0.362 e. The van der Waals surface area contributed by atoms with Gasteiger partial charge < -0.3 is 10.6 Å². The maximum absolute atomic E-state index is 12.6. The van der Waals surface area contributed by atoms with Crippen LogP contribution in [0.15, 0.2) is 72.5 Å². The van der Waals surface area contributed by atoms with Crippen LogP contribution in [0.5, 0.6) is 0 Å². The molecule has 1 unspecified atom stereocenters. The van der Waals surface area contributed by atoms with Crippen molar-refractivity contribution < 1.29 is 4.79 Å². The molecule has 5 aromatic rings. The molecule has 1 amide bonds. The number of nitrogens with one attached hydrogen (secondary N) is 3. The Morgan fingerprint density at radius 1 is 1.12 bits per heavy atom. The van der Waals surface area contributed by atoms with E-state index in [-0.39, 0.29) is 11.9 Å². The average Bonchev–Trinajstić information content (AvgIpc) is 3.54. The van der Waals surface area contributed by atoms with Crippen LogP contribution in [0.25, 0.3) is 27.7 Å². The molecule has 8 nitrogen and oxygen atoms in total. The van der Waals surface area contributed by atoms with Crippen molar-refractivity contribution in [3.8, 4) is 11.4 Å². The SMILES string of the molecule is O=C(Nc1cccc(-c2nc(NC3C=Cc4[nH]ncc4C3)c3sccc3n2)c1)c1ccncc1. The van der Waals surface area contributed by atoms with Crippen molar-refractivity contribution in [2.75, 3.05) is 10.6 Å². The number of thiophene rings is 1. The summed E-state index contributed by atoms with van der Waals surface area (Å²) < 4.78 is 1.01. The second kappa shape index (κ2) is 8.53. The molecule has 1 aromatic carbocycles. The summed E-state index contributed by atoms with van der Waals surface area (Å²) in [5, 5.41) is 15.7. The van der Waals surface area contributed by atoms with Crippen molar-refractivity contribution in [1.82, 2.24) is 25.1 Å². The summed E-state index contributed by atoms with van der Waals surface area (Å²) in [6, 6.07) is 13.0. The Hall–Kier alpha value is -4.37. The van der Waals surface area contributed by atoms with Crippen molar-refractivity contribution in [2.24, 2.45) is 0 Å². The number of carbonyl (C=O) groups excluding carboxylic acids is 1. The van der Waals surface area contributed by atoms with Crippen molar-refractivity contribution >= 4 is 45.0 Å². The third-order valence-corrected chi connectivity index (χ3v) is 6.54. The Morgan fingerprint density at radius 3 is 2.94 bits per heavy atom. The van der Waals surface area contributed by atoms with Gasteiger partial charge in [-0.3, -0.25) is 14.9 Å². The van der Waals surface area contributed by atoms with E-state index in [9.17, 15) is 4.79 Å². The fourth-order valence-corrected chi connectivity index (χ4v) is 4.74. The van der Waals surface area contributed by atoms with Gasteiger partial charge in [0.05, 0.1) is 28.1 Å². The van der Waals surface area contributed by atoms with E-state index in [1.165, 1.54) is 5.56 Å². The number of hydrogen-bond acceptors (Lipinski definition) is 7. The molecule has 0 saturated heterocycles. The molecule has 1 aliphatic rings. The van der Waals surface area contributed by atoms with E-state index in [4.69, 9.17) is 9.97 Å². The molecular weight excluding hydrogens is 446 g/mol. The first kappa shape index (κ1) is 20.3. The van der Waals surface area contributed by atoms with Gasteiger partial charge in [-0.2, -0.15) is 5.10 Å². The average molecular weight is 466 g/mol. The topological polar surface area (TPSA) is 108 Å². The van der Waals surface area contributed by atoms with Crippen molar-refractivity contribution in [1.29, 1.82) is 0 Å². The van der Waals surface area contributed by atoms with E-state index in [1.807, 2.05) is 48.0 Å². The minimum absolute atomic E-state index is 0.101. The van der Waals surface area contributed by atoms with E-state index in [2.05, 4.69) is 31.9 Å². The first-order valence-electron chi connectivity index (χ1n) is 10.8. The number of rotatable bonds is 5. The molecule has 1 atom stereocenters.